The normalized spacial score (nSPS) is 10.7. The van der Waals surface area contributed by atoms with Crippen LogP contribution in [-0.2, 0) is 12.8 Å². The molecule has 0 radical (unpaired) electrons. The van der Waals surface area contributed by atoms with E-state index in [1.54, 1.807) is 0 Å². The van der Waals surface area contributed by atoms with Gasteiger partial charge in [-0.2, -0.15) is 0 Å². The minimum absolute atomic E-state index is 0. The van der Waals surface area contributed by atoms with E-state index in [1.165, 1.54) is 11.7 Å². The van der Waals surface area contributed by atoms with Gasteiger partial charge in [-0.3, -0.25) is 14.3 Å². The number of rotatable bonds is 9. The third-order valence-electron chi connectivity index (χ3n) is 6.46. The van der Waals surface area contributed by atoms with Crippen molar-refractivity contribution in [1.82, 2.24) is 19.7 Å². The zero-order chi connectivity index (χ0) is 26.5. The molecule has 1 N–H and O–H groups in total. The number of unbranched alkanes of at least 4 members (excludes halogenated alkanes) is 1. The molecule has 0 atom stereocenters. The van der Waals surface area contributed by atoms with E-state index in [9.17, 15) is 9.59 Å². The van der Waals surface area contributed by atoms with E-state index in [0.29, 0.717) is 29.9 Å². The number of ether oxygens (including phenoxy) is 1. The fourth-order valence-corrected chi connectivity index (χ4v) is 4.54. The summed E-state index contributed by atoms with van der Waals surface area (Å²) >= 11 is 0. The molecule has 0 unspecified atom stereocenters. The number of H-pyrrole nitrogens is 1. The van der Waals surface area contributed by atoms with E-state index < -0.39 is 5.76 Å². The second kappa shape index (κ2) is 13.3. The molecule has 2 aromatic heterocycles. The molecule has 0 aliphatic rings. The largest absolute Gasteiger partial charge is 1.00 e. The molecule has 0 amide bonds. The second-order valence-electron chi connectivity index (χ2n) is 8.97. The van der Waals surface area contributed by atoms with Gasteiger partial charge in [-0.05, 0) is 41.7 Å². The van der Waals surface area contributed by atoms with Crippen molar-refractivity contribution < 1.29 is 62.1 Å². The maximum Gasteiger partial charge on any atom is 1.00 e. The molecule has 9 heteroatoms. The molecule has 0 fully saturated rings. The maximum atomic E-state index is 13.8. The Morgan fingerprint density at radius 2 is 1.64 bits per heavy atom. The zero-order valence-electron chi connectivity index (χ0n) is 23.3. The third-order valence-corrected chi connectivity index (χ3v) is 6.46. The summed E-state index contributed by atoms with van der Waals surface area (Å²) in [4.78, 5) is 32.7. The summed E-state index contributed by atoms with van der Waals surface area (Å²) in [5, 5.41) is 3.84. The molecule has 5 aromatic rings. The SMILES string of the molecule is CCCCc1nc(OC)n(-c2ccccc2)c(=O)c1Cc1ccc(-c2ccccc2-c2noc(=O)[nH]2)cc1.[H-].[K+]. The first-order chi connectivity index (χ1) is 18.6. The Morgan fingerprint density at radius 1 is 0.949 bits per heavy atom. The quantitative estimate of drug-likeness (QED) is 0.284. The number of aryl methyl sites for hydroxylation is 1. The molecule has 5 rings (SSSR count). The van der Waals surface area contributed by atoms with E-state index >= 15 is 0 Å². The summed E-state index contributed by atoms with van der Waals surface area (Å²) in [5.41, 5.74) is 5.63. The number of para-hydroxylation sites is 1. The Hall–Kier alpha value is -3.08. The first kappa shape index (κ1) is 28.9. The minimum Gasteiger partial charge on any atom is -1.00 e. The van der Waals surface area contributed by atoms with Crippen LogP contribution in [0.5, 0.6) is 6.01 Å². The number of aromatic nitrogens is 4. The van der Waals surface area contributed by atoms with E-state index in [0.717, 1.165) is 40.8 Å². The average molecular weight is 549 g/mol. The summed E-state index contributed by atoms with van der Waals surface area (Å²) in [7, 11) is 1.54. The van der Waals surface area contributed by atoms with Crippen molar-refractivity contribution in [2.45, 2.75) is 32.6 Å². The number of nitrogens with zero attached hydrogens (tertiary/aromatic N) is 3. The number of methoxy groups -OCH3 is 1. The van der Waals surface area contributed by atoms with E-state index in [-0.39, 0.29) is 64.4 Å². The van der Waals surface area contributed by atoms with Crippen LogP contribution >= 0.6 is 0 Å². The van der Waals surface area contributed by atoms with Gasteiger partial charge in [-0.1, -0.05) is 85.2 Å². The molecule has 39 heavy (non-hydrogen) atoms. The molecular formula is C30H29KN4O4. The minimum atomic E-state index is -0.599. The number of hydrogen-bond donors (Lipinski definition) is 1. The molecule has 0 aliphatic carbocycles. The average Bonchev–Trinajstić information content (AvgIpc) is 3.40. The van der Waals surface area contributed by atoms with Gasteiger partial charge >= 0.3 is 63.2 Å². The maximum absolute atomic E-state index is 13.8. The van der Waals surface area contributed by atoms with Gasteiger partial charge < -0.3 is 6.16 Å². The molecule has 194 valence electrons. The van der Waals surface area contributed by atoms with E-state index in [2.05, 4.69) is 17.1 Å². The molecule has 0 saturated heterocycles. The van der Waals surface area contributed by atoms with Crippen molar-refractivity contribution in [3.63, 3.8) is 0 Å². The van der Waals surface area contributed by atoms with Crippen LogP contribution in [0.4, 0.5) is 0 Å². The van der Waals surface area contributed by atoms with Gasteiger partial charge in [0.05, 0.1) is 18.5 Å². The van der Waals surface area contributed by atoms with E-state index in [1.807, 2.05) is 78.9 Å². The van der Waals surface area contributed by atoms with Crippen molar-refractivity contribution >= 4 is 0 Å². The summed E-state index contributed by atoms with van der Waals surface area (Å²) < 4.78 is 11.8. The molecule has 0 bridgehead atoms. The van der Waals surface area contributed by atoms with Gasteiger partial charge in [0, 0.05) is 17.5 Å². The van der Waals surface area contributed by atoms with Crippen LogP contribution in [0, 0.1) is 0 Å². The smallest absolute Gasteiger partial charge is 1.00 e. The Morgan fingerprint density at radius 3 is 2.28 bits per heavy atom. The van der Waals surface area contributed by atoms with Gasteiger partial charge in [-0.15, -0.1) is 0 Å². The fraction of sp³-hybridized carbons (Fsp3) is 0.200. The molecule has 0 saturated carbocycles. The predicted octanol–water partition coefficient (Wildman–Crippen LogP) is 2.30. The molecule has 3 aromatic carbocycles. The monoisotopic (exact) mass is 548 g/mol. The van der Waals surface area contributed by atoms with Crippen LogP contribution in [-0.4, -0.2) is 26.8 Å². The summed E-state index contributed by atoms with van der Waals surface area (Å²) in [6.45, 7) is 2.12. The van der Waals surface area contributed by atoms with Crippen molar-refractivity contribution in [1.29, 1.82) is 0 Å². The van der Waals surface area contributed by atoms with Gasteiger partial charge in [0.2, 0.25) is 0 Å². The molecular weight excluding hydrogens is 519 g/mol. The second-order valence-corrected chi connectivity index (χ2v) is 8.97. The Labute approximate surface area is 270 Å². The zero-order valence-corrected chi connectivity index (χ0v) is 25.4. The van der Waals surface area contributed by atoms with Crippen LogP contribution in [0.25, 0.3) is 28.2 Å². The van der Waals surface area contributed by atoms with Crippen LogP contribution in [0.3, 0.4) is 0 Å². The van der Waals surface area contributed by atoms with E-state index in [4.69, 9.17) is 14.2 Å². The number of benzene rings is 3. The number of nitrogens with one attached hydrogen (secondary N) is 1. The summed E-state index contributed by atoms with van der Waals surface area (Å²) in [6.07, 6.45) is 3.07. The molecule has 0 aliphatic heterocycles. The van der Waals surface area contributed by atoms with Crippen molar-refractivity contribution in [2.75, 3.05) is 7.11 Å². The Balaban J connectivity index is 0.00000220. The topological polar surface area (TPSA) is 103 Å². The van der Waals surface area contributed by atoms with Gasteiger partial charge in [0.1, 0.15) is 0 Å². The van der Waals surface area contributed by atoms with Crippen LogP contribution in [0.1, 0.15) is 38.0 Å². The molecule has 8 nitrogen and oxygen atoms in total. The van der Waals surface area contributed by atoms with Crippen LogP contribution in [0.15, 0.2) is 93.0 Å². The first-order valence-electron chi connectivity index (χ1n) is 12.6. The molecule has 0 spiro atoms. The summed E-state index contributed by atoms with van der Waals surface area (Å²) in [5.74, 6) is -0.223. The Bertz CT molecular complexity index is 1660. The molecule has 2 heterocycles. The van der Waals surface area contributed by atoms with Gasteiger partial charge in [0.25, 0.3) is 5.56 Å². The fourth-order valence-electron chi connectivity index (χ4n) is 4.54. The van der Waals surface area contributed by atoms with Crippen LogP contribution in [0.2, 0.25) is 0 Å². The number of aromatic amines is 1. The van der Waals surface area contributed by atoms with Crippen molar-refractivity contribution in [3.8, 4) is 34.2 Å². The predicted molar refractivity (Wildman–Crippen MR) is 147 cm³/mol. The standard InChI is InChI=1S/C30H28N4O4.K.H/c1-3-4-14-26-25(28(35)34(29(31-26)37-2)22-10-6-5-7-11-22)19-20-15-17-21(18-16-20)23-12-8-9-13-24(23)27-32-30(36)38-33-27;;/h5-13,15-18H,3-4,14,19H2,1-2H3,(H,32,33,36);;/q;+1;-1. The number of hydrogen-bond acceptors (Lipinski definition) is 6. The Kier molecular flexibility index (Phi) is 9.87. The van der Waals surface area contributed by atoms with Gasteiger partial charge in [0.15, 0.2) is 5.82 Å². The van der Waals surface area contributed by atoms with Crippen molar-refractivity contribution in [2.24, 2.45) is 0 Å². The van der Waals surface area contributed by atoms with Crippen LogP contribution < -0.4 is 67.4 Å². The third kappa shape index (κ3) is 6.39. The summed E-state index contributed by atoms with van der Waals surface area (Å²) in [6, 6.07) is 25.4. The van der Waals surface area contributed by atoms with Gasteiger partial charge in [-0.25, -0.2) is 14.3 Å². The first-order valence-corrected chi connectivity index (χ1v) is 12.6. The van der Waals surface area contributed by atoms with Crippen molar-refractivity contribution in [3.05, 3.63) is 117 Å².